The lowest BCUT2D eigenvalue weighted by atomic mass is 10.1. The minimum atomic E-state index is 0.434. The van der Waals surface area contributed by atoms with Crippen LogP contribution >= 0.6 is 0 Å². The summed E-state index contributed by atoms with van der Waals surface area (Å²) in [5.41, 5.74) is 3.36. The van der Waals surface area contributed by atoms with E-state index in [1.807, 2.05) is 18.2 Å². The van der Waals surface area contributed by atoms with E-state index >= 15 is 0 Å². The van der Waals surface area contributed by atoms with E-state index in [-0.39, 0.29) is 0 Å². The van der Waals surface area contributed by atoms with Crippen LogP contribution in [-0.2, 0) is 6.54 Å². The predicted octanol–water partition coefficient (Wildman–Crippen LogP) is 3.38. The summed E-state index contributed by atoms with van der Waals surface area (Å²) >= 11 is 0. The molecule has 1 aromatic carbocycles. The second-order valence-corrected chi connectivity index (χ2v) is 5.23. The monoisotopic (exact) mass is 271 g/mol. The van der Waals surface area contributed by atoms with Gasteiger partial charge >= 0.3 is 0 Å². The van der Waals surface area contributed by atoms with Crippen molar-refractivity contribution >= 4 is 0 Å². The van der Waals surface area contributed by atoms with Crippen LogP contribution in [0.3, 0.4) is 0 Å². The van der Waals surface area contributed by atoms with E-state index in [1.165, 1.54) is 11.1 Å². The molecule has 1 aromatic heterocycles. The van der Waals surface area contributed by atoms with Crippen LogP contribution in [0, 0.1) is 13.8 Å². The van der Waals surface area contributed by atoms with Crippen LogP contribution < -0.4 is 10.1 Å². The first-order valence-corrected chi connectivity index (χ1v) is 6.84. The second-order valence-electron chi connectivity index (χ2n) is 5.23. The third kappa shape index (κ3) is 4.03. The first-order valence-electron chi connectivity index (χ1n) is 6.84. The Balaban J connectivity index is 2.01. The number of rotatable bonds is 5. The molecule has 0 aliphatic carbocycles. The third-order valence-corrected chi connectivity index (χ3v) is 3.07. The number of aromatic nitrogens is 2. The lowest BCUT2D eigenvalue weighted by molar-refractivity contribution is 0.457. The average Bonchev–Trinajstić information content (AvgIpc) is 2.42. The van der Waals surface area contributed by atoms with Gasteiger partial charge in [-0.3, -0.25) is 4.98 Å². The van der Waals surface area contributed by atoms with Crippen LogP contribution in [0.4, 0.5) is 0 Å². The van der Waals surface area contributed by atoms with Crippen molar-refractivity contribution in [2.24, 2.45) is 0 Å². The molecule has 2 aromatic rings. The van der Waals surface area contributed by atoms with Crippen LogP contribution in [0.5, 0.6) is 11.6 Å². The second kappa shape index (κ2) is 6.48. The first-order chi connectivity index (χ1) is 9.54. The smallest absolute Gasteiger partial charge is 0.237 e. The highest BCUT2D eigenvalue weighted by Gasteiger charge is 2.02. The molecule has 0 spiro atoms. The number of ether oxygens (including phenoxy) is 1. The zero-order valence-electron chi connectivity index (χ0n) is 12.5. The Morgan fingerprint density at radius 2 is 1.90 bits per heavy atom. The van der Waals surface area contributed by atoms with Crippen LogP contribution in [-0.4, -0.2) is 16.0 Å². The number of benzene rings is 1. The standard InChI is InChI=1S/C16H21N3O/c1-11(2)17-8-14-9-19-16(10-18-14)20-15-6-5-12(3)13(4)7-15/h5-7,9-11,17H,8H2,1-4H3. The molecular weight excluding hydrogens is 250 g/mol. The van der Waals surface area contributed by atoms with Gasteiger partial charge in [0.25, 0.3) is 0 Å². The fourth-order valence-electron chi connectivity index (χ4n) is 1.69. The van der Waals surface area contributed by atoms with E-state index < -0.39 is 0 Å². The topological polar surface area (TPSA) is 47.0 Å². The van der Waals surface area contributed by atoms with Crippen LogP contribution in [0.15, 0.2) is 30.6 Å². The molecule has 4 nitrogen and oxygen atoms in total. The molecule has 0 aliphatic rings. The van der Waals surface area contributed by atoms with Crippen molar-refractivity contribution in [2.45, 2.75) is 40.3 Å². The molecule has 0 saturated heterocycles. The minimum Gasteiger partial charge on any atom is -0.437 e. The van der Waals surface area contributed by atoms with Gasteiger partial charge in [-0.1, -0.05) is 19.9 Å². The van der Waals surface area contributed by atoms with Gasteiger partial charge in [0.05, 0.1) is 18.1 Å². The van der Waals surface area contributed by atoms with E-state index in [0.717, 1.165) is 11.4 Å². The Bertz CT molecular complexity index is 564. The van der Waals surface area contributed by atoms with Gasteiger partial charge < -0.3 is 10.1 Å². The van der Waals surface area contributed by atoms with Gasteiger partial charge in [-0.2, -0.15) is 0 Å². The number of nitrogens with zero attached hydrogens (tertiary/aromatic N) is 2. The molecule has 20 heavy (non-hydrogen) atoms. The molecule has 1 N–H and O–H groups in total. The highest BCUT2D eigenvalue weighted by molar-refractivity contribution is 5.35. The van der Waals surface area contributed by atoms with E-state index in [2.05, 4.69) is 43.0 Å². The fourth-order valence-corrected chi connectivity index (χ4v) is 1.69. The molecular formula is C16H21N3O. The quantitative estimate of drug-likeness (QED) is 0.905. The van der Waals surface area contributed by atoms with Crippen molar-refractivity contribution in [3.05, 3.63) is 47.4 Å². The molecule has 0 amide bonds. The van der Waals surface area contributed by atoms with E-state index in [0.29, 0.717) is 18.5 Å². The van der Waals surface area contributed by atoms with Crippen molar-refractivity contribution in [1.82, 2.24) is 15.3 Å². The Morgan fingerprint density at radius 1 is 1.10 bits per heavy atom. The third-order valence-electron chi connectivity index (χ3n) is 3.07. The molecule has 0 atom stereocenters. The number of aryl methyl sites for hydroxylation is 2. The molecule has 0 unspecified atom stereocenters. The first kappa shape index (κ1) is 14.5. The fraction of sp³-hybridized carbons (Fsp3) is 0.375. The molecule has 106 valence electrons. The summed E-state index contributed by atoms with van der Waals surface area (Å²) in [6, 6.07) is 6.42. The predicted molar refractivity (Wildman–Crippen MR) is 80.0 cm³/mol. The molecule has 2 rings (SSSR count). The summed E-state index contributed by atoms with van der Waals surface area (Å²) in [5.74, 6) is 1.30. The number of hydrogen-bond donors (Lipinski definition) is 1. The molecule has 0 radical (unpaired) electrons. The van der Waals surface area contributed by atoms with Gasteiger partial charge in [0.1, 0.15) is 5.75 Å². The summed E-state index contributed by atoms with van der Waals surface area (Å²) < 4.78 is 5.70. The largest absolute Gasteiger partial charge is 0.437 e. The van der Waals surface area contributed by atoms with Crippen molar-refractivity contribution in [1.29, 1.82) is 0 Å². The lowest BCUT2D eigenvalue weighted by Gasteiger charge is -2.09. The summed E-state index contributed by atoms with van der Waals surface area (Å²) in [6.45, 7) is 9.06. The lowest BCUT2D eigenvalue weighted by Crippen LogP contribution is -2.22. The van der Waals surface area contributed by atoms with Crippen molar-refractivity contribution in [3.8, 4) is 11.6 Å². The highest BCUT2D eigenvalue weighted by Crippen LogP contribution is 2.21. The van der Waals surface area contributed by atoms with Crippen LogP contribution in [0.2, 0.25) is 0 Å². The van der Waals surface area contributed by atoms with E-state index in [1.54, 1.807) is 12.4 Å². The Labute approximate surface area is 120 Å². The van der Waals surface area contributed by atoms with Gasteiger partial charge in [-0.05, 0) is 37.1 Å². The number of nitrogens with one attached hydrogen (secondary N) is 1. The van der Waals surface area contributed by atoms with Crippen LogP contribution in [0.1, 0.15) is 30.7 Å². The molecule has 0 bridgehead atoms. The molecule has 1 heterocycles. The zero-order valence-corrected chi connectivity index (χ0v) is 12.5. The Kier molecular flexibility index (Phi) is 4.69. The van der Waals surface area contributed by atoms with Gasteiger partial charge in [-0.15, -0.1) is 0 Å². The van der Waals surface area contributed by atoms with Gasteiger partial charge in [0.15, 0.2) is 0 Å². The Hall–Kier alpha value is -1.94. The summed E-state index contributed by atoms with van der Waals surface area (Å²) in [6.07, 6.45) is 3.40. The van der Waals surface area contributed by atoms with Gasteiger partial charge in [0, 0.05) is 12.6 Å². The van der Waals surface area contributed by atoms with Gasteiger partial charge in [-0.25, -0.2) is 4.98 Å². The summed E-state index contributed by atoms with van der Waals surface area (Å²) in [4.78, 5) is 8.62. The number of hydrogen-bond acceptors (Lipinski definition) is 4. The molecule has 0 aliphatic heterocycles. The molecule has 0 fully saturated rings. The van der Waals surface area contributed by atoms with E-state index in [9.17, 15) is 0 Å². The maximum Gasteiger partial charge on any atom is 0.237 e. The SMILES string of the molecule is Cc1ccc(Oc2cnc(CNC(C)C)cn2)cc1C. The summed E-state index contributed by atoms with van der Waals surface area (Å²) in [5, 5.41) is 3.30. The van der Waals surface area contributed by atoms with Crippen LogP contribution in [0.25, 0.3) is 0 Å². The molecule has 4 heteroatoms. The van der Waals surface area contributed by atoms with Crippen molar-refractivity contribution < 1.29 is 4.74 Å². The zero-order chi connectivity index (χ0) is 14.5. The normalized spacial score (nSPS) is 10.8. The Morgan fingerprint density at radius 3 is 2.50 bits per heavy atom. The van der Waals surface area contributed by atoms with E-state index in [4.69, 9.17) is 4.74 Å². The maximum absolute atomic E-state index is 5.70. The average molecular weight is 271 g/mol. The minimum absolute atomic E-state index is 0.434. The van der Waals surface area contributed by atoms with Crippen molar-refractivity contribution in [3.63, 3.8) is 0 Å². The maximum atomic E-state index is 5.70. The molecule has 0 saturated carbocycles. The van der Waals surface area contributed by atoms with Gasteiger partial charge in [0.2, 0.25) is 5.88 Å². The van der Waals surface area contributed by atoms with Crippen molar-refractivity contribution in [2.75, 3.05) is 0 Å². The highest BCUT2D eigenvalue weighted by atomic mass is 16.5. The summed E-state index contributed by atoms with van der Waals surface area (Å²) in [7, 11) is 0.